The Bertz CT molecular complexity index is 839. The molecule has 0 saturated heterocycles. The molecular formula is C16H11Cl2NO2. The molecule has 1 N–H and O–H groups in total. The number of carboxylic acids is 1. The monoisotopic (exact) mass is 319 g/mol. The van der Waals surface area contributed by atoms with E-state index in [0.717, 1.165) is 16.5 Å². The molecule has 0 aliphatic carbocycles. The Kier molecular flexibility index (Phi) is 3.62. The zero-order valence-electron chi connectivity index (χ0n) is 10.9. The highest BCUT2D eigenvalue weighted by atomic mass is 35.5. The van der Waals surface area contributed by atoms with Gasteiger partial charge in [0.25, 0.3) is 0 Å². The highest BCUT2D eigenvalue weighted by Crippen LogP contribution is 2.24. The van der Waals surface area contributed by atoms with Crippen molar-refractivity contribution in [2.75, 3.05) is 0 Å². The first-order chi connectivity index (χ1) is 10.0. The quantitative estimate of drug-likeness (QED) is 0.760. The van der Waals surface area contributed by atoms with E-state index in [1.54, 1.807) is 18.2 Å². The SMILES string of the molecule is O=C(O)c1ccc2ccn(Cc3ccc(Cl)c(Cl)c3)c2c1. The molecule has 0 saturated carbocycles. The molecule has 0 amide bonds. The standard InChI is InChI=1S/C16H11Cl2NO2/c17-13-4-1-10(7-14(13)18)9-19-6-5-11-2-3-12(16(20)21)8-15(11)19/h1-8H,9H2,(H,20,21). The summed E-state index contributed by atoms with van der Waals surface area (Å²) in [6.07, 6.45) is 1.93. The van der Waals surface area contributed by atoms with Crippen LogP contribution < -0.4 is 0 Å². The molecular weight excluding hydrogens is 309 g/mol. The second-order valence-electron chi connectivity index (χ2n) is 4.77. The van der Waals surface area contributed by atoms with E-state index in [1.807, 2.05) is 35.0 Å². The van der Waals surface area contributed by atoms with Crippen LogP contribution in [0.15, 0.2) is 48.7 Å². The number of hydrogen-bond donors (Lipinski definition) is 1. The molecule has 0 radical (unpaired) electrons. The van der Waals surface area contributed by atoms with Gasteiger partial charge in [-0.3, -0.25) is 0 Å². The van der Waals surface area contributed by atoms with E-state index in [-0.39, 0.29) is 5.56 Å². The summed E-state index contributed by atoms with van der Waals surface area (Å²) in [7, 11) is 0. The van der Waals surface area contributed by atoms with Crippen molar-refractivity contribution in [1.82, 2.24) is 4.57 Å². The Hall–Kier alpha value is -1.97. The Morgan fingerprint density at radius 2 is 1.86 bits per heavy atom. The third-order valence-corrected chi connectivity index (χ3v) is 4.10. The lowest BCUT2D eigenvalue weighted by atomic mass is 10.1. The summed E-state index contributed by atoms with van der Waals surface area (Å²) < 4.78 is 1.99. The maximum absolute atomic E-state index is 11.1. The van der Waals surface area contributed by atoms with Gasteiger partial charge in [0, 0.05) is 18.3 Å². The number of nitrogens with zero attached hydrogens (tertiary/aromatic N) is 1. The van der Waals surface area contributed by atoms with Gasteiger partial charge in [0.2, 0.25) is 0 Å². The number of fused-ring (bicyclic) bond motifs is 1. The van der Waals surface area contributed by atoms with E-state index in [9.17, 15) is 4.79 Å². The van der Waals surface area contributed by atoms with Crippen molar-refractivity contribution >= 4 is 40.1 Å². The topological polar surface area (TPSA) is 42.2 Å². The molecule has 106 valence electrons. The molecule has 3 nitrogen and oxygen atoms in total. The van der Waals surface area contributed by atoms with Crippen LogP contribution in [-0.2, 0) is 6.54 Å². The van der Waals surface area contributed by atoms with Crippen molar-refractivity contribution in [2.24, 2.45) is 0 Å². The van der Waals surface area contributed by atoms with Crippen molar-refractivity contribution in [3.05, 3.63) is 69.8 Å². The third-order valence-electron chi connectivity index (χ3n) is 3.36. The zero-order valence-corrected chi connectivity index (χ0v) is 12.4. The number of aromatic carboxylic acids is 1. The van der Waals surface area contributed by atoms with Crippen LogP contribution in [0.5, 0.6) is 0 Å². The lowest BCUT2D eigenvalue weighted by molar-refractivity contribution is 0.0697. The molecule has 0 aliphatic rings. The molecule has 3 aromatic rings. The molecule has 5 heteroatoms. The van der Waals surface area contributed by atoms with E-state index in [2.05, 4.69) is 0 Å². The first kappa shape index (κ1) is 14.0. The predicted molar refractivity (Wildman–Crippen MR) is 84.5 cm³/mol. The van der Waals surface area contributed by atoms with Gasteiger partial charge < -0.3 is 9.67 Å². The molecule has 0 fully saturated rings. The van der Waals surface area contributed by atoms with Crippen LogP contribution in [-0.4, -0.2) is 15.6 Å². The largest absolute Gasteiger partial charge is 0.478 e. The average Bonchev–Trinajstić information content (AvgIpc) is 2.85. The number of rotatable bonds is 3. The summed E-state index contributed by atoms with van der Waals surface area (Å²) in [5.74, 6) is -0.931. The molecule has 1 heterocycles. The van der Waals surface area contributed by atoms with Gasteiger partial charge >= 0.3 is 5.97 Å². The van der Waals surface area contributed by atoms with Gasteiger partial charge in [-0.05, 0) is 41.3 Å². The third kappa shape index (κ3) is 2.75. The zero-order chi connectivity index (χ0) is 15.0. The number of aromatic nitrogens is 1. The summed E-state index contributed by atoms with van der Waals surface area (Å²) in [5, 5.41) is 11.1. The van der Waals surface area contributed by atoms with E-state index < -0.39 is 5.97 Å². The van der Waals surface area contributed by atoms with E-state index in [1.165, 1.54) is 0 Å². The molecule has 0 aliphatic heterocycles. The fraction of sp³-hybridized carbons (Fsp3) is 0.0625. The molecule has 0 spiro atoms. The van der Waals surface area contributed by atoms with Crippen molar-refractivity contribution in [1.29, 1.82) is 0 Å². The van der Waals surface area contributed by atoms with Crippen molar-refractivity contribution in [3.63, 3.8) is 0 Å². The smallest absolute Gasteiger partial charge is 0.335 e. The van der Waals surface area contributed by atoms with Crippen LogP contribution in [0, 0.1) is 0 Å². The minimum absolute atomic E-state index is 0.275. The second-order valence-corrected chi connectivity index (χ2v) is 5.59. The Morgan fingerprint density at radius 3 is 2.57 bits per heavy atom. The second kappa shape index (κ2) is 5.43. The van der Waals surface area contributed by atoms with Gasteiger partial charge in [-0.1, -0.05) is 35.3 Å². The minimum Gasteiger partial charge on any atom is -0.478 e. The van der Waals surface area contributed by atoms with Crippen molar-refractivity contribution in [2.45, 2.75) is 6.54 Å². The fourth-order valence-corrected chi connectivity index (χ4v) is 2.61. The van der Waals surface area contributed by atoms with Gasteiger partial charge in [0.15, 0.2) is 0 Å². The Labute approximate surface area is 131 Å². The van der Waals surface area contributed by atoms with Gasteiger partial charge in [0.05, 0.1) is 15.6 Å². The molecule has 1 aromatic heterocycles. The summed E-state index contributed by atoms with van der Waals surface area (Å²) in [6.45, 7) is 0.601. The molecule has 0 atom stereocenters. The van der Waals surface area contributed by atoms with Crippen LogP contribution in [0.25, 0.3) is 10.9 Å². The first-order valence-corrected chi connectivity index (χ1v) is 7.06. The normalized spacial score (nSPS) is 11.0. The first-order valence-electron chi connectivity index (χ1n) is 6.31. The summed E-state index contributed by atoms with van der Waals surface area (Å²) in [4.78, 5) is 11.1. The predicted octanol–water partition coefficient (Wildman–Crippen LogP) is 4.69. The summed E-state index contributed by atoms with van der Waals surface area (Å²) in [5.41, 5.74) is 2.15. The number of hydrogen-bond acceptors (Lipinski definition) is 1. The van der Waals surface area contributed by atoms with Crippen LogP contribution in [0.1, 0.15) is 15.9 Å². The van der Waals surface area contributed by atoms with Crippen LogP contribution in [0.4, 0.5) is 0 Å². The van der Waals surface area contributed by atoms with E-state index >= 15 is 0 Å². The van der Waals surface area contributed by atoms with E-state index in [0.29, 0.717) is 16.6 Å². The van der Waals surface area contributed by atoms with Gasteiger partial charge in [-0.2, -0.15) is 0 Å². The number of benzene rings is 2. The van der Waals surface area contributed by atoms with E-state index in [4.69, 9.17) is 28.3 Å². The number of halogens is 2. The minimum atomic E-state index is -0.931. The van der Waals surface area contributed by atoms with Crippen LogP contribution in [0.3, 0.4) is 0 Å². The molecule has 0 unspecified atom stereocenters. The maximum Gasteiger partial charge on any atom is 0.335 e. The van der Waals surface area contributed by atoms with Crippen molar-refractivity contribution in [3.8, 4) is 0 Å². The number of carboxylic acid groups (broad SMARTS) is 1. The Morgan fingerprint density at radius 1 is 1.05 bits per heavy atom. The summed E-state index contributed by atoms with van der Waals surface area (Å²) >= 11 is 11.9. The lowest BCUT2D eigenvalue weighted by Crippen LogP contribution is -2.00. The highest BCUT2D eigenvalue weighted by molar-refractivity contribution is 6.42. The molecule has 0 bridgehead atoms. The maximum atomic E-state index is 11.1. The average molecular weight is 320 g/mol. The van der Waals surface area contributed by atoms with Gasteiger partial charge in [-0.15, -0.1) is 0 Å². The van der Waals surface area contributed by atoms with Crippen molar-refractivity contribution < 1.29 is 9.90 Å². The van der Waals surface area contributed by atoms with Crippen LogP contribution >= 0.6 is 23.2 Å². The van der Waals surface area contributed by atoms with Gasteiger partial charge in [0.1, 0.15) is 0 Å². The molecule has 21 heavy (non-hydrogen) atoms. The summed E-state index contributed by atoms with van der Waals surface area (Å²) in [6, 6.07) is 12.5. The number of carbonyl (C=O) groups is 1. The lowest BCUT2D eigenvalue weighted by Gasteiger charge is -2.07. The van der Waals surface area contributed by atoms with Gasteiger partial charge in [-0.25, -0.2) is 4.79 Å². The highest BCUT2D eigenvalue weighted by Gasteiger charge is 2.08. The molecule has 2 aromatic carbocycles. The van der Waals surface area contributed by atoms with Crippen LogP contribution in [0.2, 0.25) is 10.0 Å². The Balaban J connectivity index is 2.01. The fourth-order valence-electron chi connectivity index (χ4n) is 2.29. The molecule has 3 rings (SSSR count).